The lowest BCUT2D eigenvalue weighted by Crippen LogP contribution is -2.34. The summed E-state index contributed by atoms with van der Waals surface area (Å²) in [6, 6.07) is 11.6. The topological polar surface area (TPSA) is 102 Å². The maximum Gasteiger partial charge on any atom is 0.437 e. The Morgan fingerprint density at radius 1 is 1.18 bits per heavy atom. The fraction of sp³-hybridized carbons (Fsp3) is 0.357. The third-order valence-electron chi connectivity index (χ3n) is 6.15. The highest BCUT2D eigenvalue weighted by Crippen LogP contribution is 2.35. The molecular weight excluding hydrogens is 527 g/mol. The molecule has 5 rings (SSSR count). The van der Waals surface area contributed by atoms with Gasteiger partial charge in [0.25, 0.3) is 11.9 Å². The number of hydrogen-bond donors (Lipinski definition) is 1. The summed E-state index contributed by atoms with van der Waals surface area (Å²) in [6.07, 6.45) is -0.205. The number of esters is 1. The minimum Gasteiger partial charge on any atom is -0.425 e. The maximum atomic E-state index is 13.7. The monoisotopic (exact) mass is 557 g/mol. The quantitative estimate of drug-likeness (QED) is 0.224. The average Bonchev–Trinajstić information content (AvgIpc) is 3.55. The van der Waals surface area contributed by atoms with Gasteiger partial charge in [0.2, 0.25) is 5.76 Å². The van der Waals surface area contributed by atoms with Crippen molar-refractivity contribution in [2.45, 2.75) is 46.3 Å². The van der Waals surface area contributed by atoms with Crippen molar-refractivity contribution in [2.24, 2.45) is 5.92 Å². The van der Waals surface area contributed by atoms with Crippen molar-refractivity contribution in [1.82, 2.24) is 14.5 Å². The fourth-order valence-electron chi connectivity index (χ4n) is 4.41. The van der Waals surface area contributed by atoms with Crippen LogP contribution in [-0.4, -0.2) is 39.5 Å². The lowest BCUT2D eigenvalue weighted by molar-refractivity contribution is -0.141. The van der Waals surface area contributed by atoms with Gasteiger partial charge in [-0.3, -0.25) is 4.79 Å². The van der Waals surface area contributed by atoms with Crippen molar-refractivity contribution < 1.29 is 31.9 Å². The molecule has 3 aromatic heterocycles. The zero-order valence-corrected chi connectivity index (χ0v) is 22.4. The van der Waals surface area contributed by atoms with Crippen LogP contribution in [0.25, 0.3) is 11.0 Å². The number of alkyl halides is 3. The van der Waals surface area contributed by atoms with E-state index in [1.165, 1.54) is 12.3 Å². The Bertz CT molecular complexity index is 1470. The zero-order valence-electron chi connectivity index (χ0n) is 22.4. The van der Waals surface area contributed by atoms with Crippen molar-refractivity contribution in [1.29, 1.82) is 0 Å². The van der Waals surface area contributed by atoms with Gasteiger partial charge in [-0.05, 0) is 43.0 Å². The third-order valence-corrected chi connectivity index (χ3v) is 6.15. The Balaban J connectivity index is 0.00000181. The Morgan fingerprint density at radius 2 is 1.93 bits per heavy atom. The van der Waals surface area contributed by atoms with Crippen molar-refractivity contribution in [3.8, 4) is 5.75 Å². The number of anilines is 2. The number of halogens is 3. The summed E-state index contributed by atoms with van der Waals surface area (Å²) in [5.74, 6) is -1.82. The number of carbonyl (C=O) groups excluding carboxylic acids is 2. The molecule has 1 aromatic carbocycles. The Kier molecular flexibility index (Phi) is 8.76. The van der Waals surface area contributed by atoms with Gasteiger partial charge in [0.05, 0.1) is 11.9 Å². The lowest BCUT2D eigenvalue weighted by atomic mass is 10.0. The summed E-state index contributed by atoms with van der Waals surface area (Å²) >= 11 is 0. The number of benzene rings is 1. The fourth-order valence-corrected chi connectivity index (χ4v) is 4.41. The van der Waals surface area contributed by atoms with Gasteiger partial charge in [-0.2, -0.15) is 18.2 Å². The van der Waals surface area contributed by atoms with Crippen LogP contribution >= 0.6 is 0 Å². The Morgan fingerprint density at radius 3 is 2.62 bits per heavy atom. The first-order valence-electron chi connectivity index (χ1n) is 13.0. The number of ether oxygens (including phenoxy) is 1. The van der Waals surface area contributed by atoms with E-state index in [0.29, 0.717) is 29.9 Å². The summed E-state index contributed by atoms with van der Waals surface area (Å²) in [7, 11) is 0. The van der Waals surface area contributed by atoms with Crippen LogP contribution in [0, 0.1) is 5.92 Å². The van der Waals surface area contributed by atoms with Gasteiger partial charge in [0, 0.05) is 24.7 Å². The van der Waals surface area contributed by atoms with Crippen molar-refractivity contribution in [3.63, 3.8) is 0 Å². The first-order valence-corrected chi connectivity index (χ1v) is 13.0. The summed E-state index contributed by atoms with van der Waals surface area (Å²) in [5, 5.41) is 2.98. The highest BCUT2D eigenvalue weighted by molar-refractivity contribution is 6.04. The van der Waals surface area contributed by atoms with Gasteiger partial charge < -0.3 is 23.9 Å². The molecule has 1 aliphatic heterocycles. The highest BCUT2D eigenvalue weighted by Gasteiger charge is 2.42. The molecule has 0 saturated carbocycles. The normalized spacial score (nSPS) is 15.3. The number of fused-ring (bicyclic) bond motifs is 1. The number of pyridine rings is 1. The van der Waals surface area contributed by atoms with E-state index in [9.17, 15) is 22.8 Å². The second-order valence-corrected chi connectivity index (χ2v) is 9.19. The molecule has 0 radical (unpaired) electrons. The van der Waals surface area contributed by atoms with Crippen LogP contribution in [0.4, 0.5) is 24.9 Å². The average molecular weight is 558 g/mol. The molecule has 1 N–H and O–H groups in total. The molecule has 1 aliphatic rings. The van der Waals surface area contributed by atoms with Gasteiger partial charge in [0.1, 0.15) is 17.9 Å². The molecule has 0 bridgehead atoms. The van der Waals surface area contributed by atoms with Gasteiger partial charge in [-0.15, -0.1) is 0 Å². The number of piperidine rings is 1. The minimum absolute atomic E-state index is 0.109. The molecule has 212 valence electrons. The van der Waals surface area contributed by atoms with E-state index in [1.807, 2.05) is 20.8 Å². The standard InChI is InChI=1S/C26H24F3N5O4.C2H6/c1-16-6-5-10-34(14-16)25-32-22(26(27,28)29)21(38-25)24(36)31-18-12-17-9-11-33(23(17)30-13-18)15-20(35)37-19-7-3-2-4-8-19;1-2/h2-4,7-9,11-13,16H,5-6,10,14-15H2,1H3,(H,31,36);1-2H3. The predicted octanol–water partition coefficient (Wildman–Crippen LogP) is 6.16. The molecule has 1 amide bonds. The maximum absolute atomic E-state index is 13.7. The number of nitrogens with one attached hydrogen (secondary N) is 1. The largest absolute Gasteiger partial charge is 0.437 e. The number of para-hydroxylation sites is 1. The van der Waals surface area contributed by atoms with Gasteiger partial charge in [0.15, 0.2) is 5.69 Å². The zero-order chi connectivity index (χ0) is 28.9. The van der Waals surface area contributed by atoms with E-state index in [4.69, 9.17) is 9.15 Å². The van der Waals surface area contributed by atoms with Crippen molar-refractivity contribution >= 4 is 34.6 Å². The molecule has 9 nitrogen and oxygen atoms in total. The molecule has 0 aliphatic carbocycles. The van der Waals surface area contributed by atoms with Crippen LogP contribution in [0.3, 0.4) is 0 Å². The summed E-state index contributed by atoms with van der Waals surface area (Å²) in [6.45, 7) is 6.88. The molecule has 1 unspecified atom stereocenters. The Hall–Kier alpha value is -4.35. The number of oxazole rings is 1. The van der Waals surface area contributed by atoms with E-state index in [0.717, 1.165) is 12.8 Å². The first-order chi connectivity index (χ1) is 19.2. The number of nitrogens with zero attached hydrogens (tertiary/aromatic N) is 4. The molecule has 1 fully saturated rings. The van der Waals surface area contributed by atoms with Gasteiger partial charge in [-0.25, -0.2) is 9.78 Å². The molecule has 40 heavy (non-hydrogen) atoms. The molecule has 1 atom stereocenters. The molecule has 4 heterocycles. The second kappa shape index (κ2) is 12.2. The van der Waals surface area contributed by atoms with Crippen LogP contribution in [0.2, 0.25) is 0 Å². The smallest absolute Gasteiger partial charge is 0.425 e. The molecule has 1 saturated heterocycles. The number of carbonyl (C=O) groups is 2. The second-order valence-electron chi connectivity index (χ2n) is 9.19. The van der Waals surface area contributed by atoms with E-state index < -0.39 is 29.5 Å². The Labute approximate surface area is 229 Å². The van der Waals surface area contributed by atoms with Gasteiger partial charge >= 0.3 is 12.1 Å². The van der Waals surface area contributed by atoms with Crippen LogP contribution < -0.4 is 15.0 Å². The van der Waals surface area contributed by atoms with Gasteiger partial charge in [-0.1, -0.05) is 39.0 Å². The number of hydrogen-bond acceptors (Lipinski definition) is 7. The summed E-state index contributed by atoms with van der Waals surface area (Å²) < 4.78 is 53.3. The number of amides is 1. The van der Waals surface area contributed by atoms with Crippen LogP contribution in [0.1, 0.15) is 49.9 Å². The van der Waals surface area contributed by atoms with Crippen LogP contribution in [-0.2, 0) is 17.5 Å². The van der Waals surface area contributed by atoms with Crippen LogP contribution in [0.15, 0.2) is 59.3 Å². The summed E-state index contributed by atoms with van der Waals surface area (Å²) in [4.78, 5) is 34.7. The number of aromatic nitrogens is 3. The number of rotatable bonds is 6. The van der Waals surface area contributed by atoms with E-state index in [2.05, 4.69) is 15.3 Å². The predicted molar refractivity (Wildman–Crippen MR) is 143 cm³/mol. The van der Waals surface area contributed by atoms with Crippen LogP contribution in [0.5, 0.6) is 5.75 Å². The lowest BCUT2D eigenvalue weighted by Gasteiger charge is -2.29. The van der Waals surface area contributed by atoms with Crippen molar-refractivity contribution in [2.75, 3.05) is 23.3 Å². The highest BCUT2D eigenvalue weighted by atomic mass is 19.4. The molecule has 0 spiro atoms. The minimum atomic E-state index is -4.87. The van der Waals surface area contributed by atoms with Crippen molar-refractivity contribution in [3.05, 3.63) is 66.3 Å². The SMILES string of the molecule is CC.CC1CCCN(c2nc(C(F)(F)F)c(C(=O)Nc3cnc4c(ccn4CC(=O)Oc4ccccc4)c3)o2)C1. The van der Waals surface area contributed by atoms with E-state index in [1.54, 1.807) is 52.1 Å². The molecular formula is C28H30F3N5O4. The van der Waals surface area contributed by atoms with E-state index in [-0.39, 0.29) is 24.2 Å². The molecule has 12 heteroatoms. The first kappa shape index (κ1) is 28.7. The molecule has 4 aromatic rings. The third kappa shape index (κ3) is 6.61. The van der Waals surface area contributed by atoms with E-state index >= 15 is 0 Å². The summed E-state index contributed by atoms with van der Waals surface area (Å²) in [5.41, 5.74) is -0.782.